The van der Waals surface area contributed by atoms with E-state index in [9.17, 15) is 18.0 Å². The number of carbonyl (C=O) groups excluding carboxylic acids is 1. The van der Waals surface area contributed by atoms with Crippen LogP contribution in [0, 0.1) is 0 Å². The summed E-state index contributed by atoms with van der Waals surface area (Å²) in [6.45, 7) is -1.88. The molecular weight excluding hydrogens is 319 g/mol. The first-order chi connectivity index (χ1) is 8.28. The Kier molecular flexibility index (Phi) is 5.21. The Morgan fingerprint density at radius 1 is 1.50 bits per heavy atom. The molecule has 0 atom stereocenters. The summed E-state index contributed by atoms with van der Waals surface area (Å²) in [4.78, 5) is 12.6. The minimum atomic E-state index is -4.43. The van der Waals surface area contributed by atoms with Crippen molar-refractivity contribution in [3.63, 3.8) is 0 Å². The molecule has 0 saturated carbocycles. The highest BCUT2D eigenvalue weighted by Crippen LogP contribution is 2.16. The van der Waals surface area contributed by atoms with E-state index in [4.69, 9.17) is 4.42 Å². The van der Waals surface area contributed by atoms with Crippen LogP contribution in [-0.2, 0) is 16.1 Å². The van der Waals surface area contributed by atoms with Crippen LogP contribution in [-0.4, -0.2) is 37.2 Å². The van der Waals surface area contributed by atoms with Crippen LogP contribution in [0.3, 0.4) is 0 Å². The van der Waals surface area contributed by atoms with Gasteiger partial charge in [0, 0.05) is 7.05 Å². The predicted octanol–water partition coefficient (Wildman–Crippen LogP) is 2.58. The van der Waals surface area contributed by atoms with Crippen LogP contribution >= 0.6 is 15.9 Å². The summed E-state index contributed by atoms with van der Waals surface area (Å²) < 4.78 is 45.3. The first-order valence-electron chi connectivity index (χ1n) is 4.90. The van der Waals surface area contributed by atoms with Gasteiger partial charge in [-0.15, -0.1) is 0 Å². The maximum absolute atomic E-state index is 11.8. The third kappa shape index (κ3) is 5.54. The Hall–Kier alpha value is -1.02. The summed E-state index contributed by atoms with van der Waals surface area (Å²) in [6, 6.07) is 3.32. The average Bonchev–Trinajstić information content (AvgIpc) is 2.61. The van der Waals surface area contributed by atoms with Gasteiger partial charge in [-0.3, -0.25) is 4.79 Å². The van der Waals surface area contributed by atoms with Gasteiger partial charge in [-0.05, 0) is 28.1 Å². The zero-order chi connectivity index (χ0) is 13.8. The second-order valence-corrected chi connectivity index (χ2v) is 4.35. The fourth-order valence-electron chi connectivity index (χ4n) is 1.12. The Morgan fingerprint density at radius 2 is 2.17 bits per heavy atom. The van der Waals surface area contributed by atoms with E-state index in [0.29, 0.717) is 10.4 Å². The van der Waals surface area contributed by atoms with E-state index in [1.807, 2.05) is 0 Å². The highest BCUT2D eigenvalue weighted by Gasteiger charge is 2.28. The lowest BCUT2D eigenvalue weighted by atomic mass is 10.4. The second kappa shape index (κ2) is 6.24. The highest BCUT2D eigenvalue weighted by molar-refractivity contribution is 9.10. The third-order valence-corrected chi connectivity index (χ3v) is 2.37. The van der Waals surface area contributed by atoms with Crippen molar-refractivity contribution in [2.45, 2.75) is 12.7 Å². The van der Waals surface area contributed by atoms with Crippen LogP contribution in [0.25, 0.3) is 0 Å². The average molecular weight is 330 g/mol. The molecule has 8 heteroatoms. The number of furan rings is 1. The number of amides is 1. The van der Waals surface area contributed by atoms with Crippen molar-refractivity contribution >= 4 is 21.8 Å². The van der Waals surface area contributed by atoms with Gasteiger partial charge in [-0.1, -0.05) is 0 Å². The van der Waals surface area contributed by atoms with Crippen LogP contribution in [0.2, 0.25) is 0 Å². The maximum Gasteiger partial charge on any atom is 0.411 e. The van der Waals surface area contributed by atoms with Crippen LogP contribution in [0.5, 0.6) is 0 Å². The van der Waals surface area contributed by atoms with E-state index in [1.165, 1.54) is 11.9 Å². The lowest BCUT2D eigenvalue weighted by molar-refractivity contribution is -0.177. The molecule has 0 aliphatic carbocycles. The zero-order valence-electron chi connectivity index (χ0n) is 9.46. The molecule has 0 spiro atoms. The van der Waals surface area contributed by atoms with Gasteiger partial charge in [0.05, 0.1) is 6.54 Å². The molecule has 0 saturated heterocycles. The molecule has 18 heavy (non-hydrogen) atoms. The second-order valence-electron chi connectivity index (χ2n) is 3.56. The normalized spacial score (nSPS) is 11.6. The first kappa shape index (κ1) is 15.0. The number of hydrogen-bond donors (Lipinski definition) is 0. The van der Waals surface area contributed by atoms with Crippen LogP contribution < -0.4 is 0 Å². The molecule has 0 N–H and O–H groups in total. The molecule has 0 unspecified atom stereocenters. The number of carbonyl (C=O) groups is 1. The van der Waals surface area contributed by atoms with Gasteiger partial charge in [-0.2, -0.15) is 13.2 Å². The first-order valence-corrected chi connectivity index (χ1v) is 5.70. The molecule has 102 valence electrons. The van der Waals surface area contributed by atoms with Crippen molar-refractivity contribution in [1.29, 1.82) is 0 Å². The van der Waals surface area contributed by atoms with E-state index in [-0.39, 0.29) is 6.54 Å². The zero-order valence-corrected chi connectivity index (χ0v) is 11.0. The molecular formula is C10H11BrF3NO3. The van der Waals surface area contributed by atoms with Gasteiger partial charge >= 0.3 is 6.18 Å². The van der Waals surface area contributed by atoms with E-state index in [0.717, 1.165) is 0 Å². The van der Waals surface area contributed by atoms with Gasteiger partial charge < -0.3 is 14.1 Å². The molecule has 0 aliphatic heterocycles. The summed E-state index contributed by atoms with van der Waals surface area (Å²) >= 11 is 3.10. The number of halogens is 4. The summed E-state index contributed by atoms with van der Waals surface area (Å²) in [5.74, 6) is -0.0275. The molecule has 1 aromatic rings. The van der Waals surface area contributed by atoms with Crippen LogP contribution in [0.15, 0.2) is 21.2 Å². The lowest BCUT2D eigenvalue weighted by Crippen LogP contribution is -2.31. The smallest absolute Gasteiger partial charge is 0.411 e. The molecule has 1 aromatic heterocycles. The molecule has 0 aromatic carbocycles. The molecule has 1 amide bonds. The largest absolute Gasteiger partial charge is 0.452 e. The fraction of sp³-hybridized carbons (Fsp3) is 0.500. The third-order valence-electron chi connectivity index (χ3n) is 1.94. The minimum Gasteiger partial charge on any atom is -0.452 e. The van der Waals surface area contributed by atoms with Crippen molar-refractivity contribution in [2.24, 2.45) is 0 Å². The topological polar surface area (TPSA) is 42.7 Å². The van der Waals surface area contributed by atoms with Gasteiger partial charge in [-0.25, -0.2) is 0 Å². The summed E-state index contributed by atoms with van der Waals surface area (Å²) in [5.41, 5.74) is 0. The van der Waals surface area contributed by atoms with Crippen molar-refractivity contribution in [1.82, 2.24) is 4.90 Å². The number of nitrogens with zero attached hydrogens (tertiary/aromatic N) is 1. The summed E-state index contributed by atoms with van der Waals surface area (Å²) in [7, 11) is 1.45. The molecule has 1 heterocycles. The number of ether oxygens (including phenoxy) is 1. The number of likely N-dealkylation sites (N-methyl/N-ethyl adjacent to an activating group) is 1. The number of alkyl halides is 3. The van der Waals surface area contributed by atoms with Crippen molar-refractivity contribution in [2.75, 3.05) is 20.3 Å². The van der Waals surface area contributed by atoms with E-state index >= 15 is 0 Å². The molecule has 0 fully saturated rings. The Balaban J connectivity index is 2.33. The summed E-state index contributed by atoms with van der Waals surface area (Å²) in [5, 5.41) is 0. The van der Waals surface area contributed by atoms with Crippen molar-refractivity contribution in [3.05, 3.63) is 22.6 Å². The predicted molar refractivity (Wildman–Crippen MR) is 59.8 cm³/mol. The molecule has 0 bridgehead atoms. The van der Waals surface area contributed by atoms with E-state index < -0.39 is 25.3 Å². The SMILES string of the molecule is CN(Cc1ccc(Br)o1)C(=O)COCC(F)(F)F. The van der Waals surface area contributed by atoms with E-state index in [2.05, 4.69) is 20.7 Å². The van der Waals surface area contributed by atoms with Gasteiger partial charge in [0.25, 0.3) is 0 Å². The van der Waals surface area contributed by atoms with Gasteiger partial charge in [0.1, 0.15) is 19.0 Å². The van der Waals surface area contributed by atoms with Gasteiger partial charge in [0.15, 0.2) is 4.67 Å². The van der Waals surface area contributed by atoms with Crippen molar-refractivity contribution < 1.29 is 27.1 Å². The van der Waals surface area contributed by atoms with Crippen LogP contribution in [0.1, 0.15) is 5.76 Å². The standard InChI is InChI=1S/C10H11BrF3NO3/c1-15(4-7-2-3-8(11)18-7)9(16)5-17-6-10(12,13)14/h2-3H,4-6H2,1H3. The highest BCUT2D eigenvalue weighted by atomic mass is 79.9. The fourth-order valence-corrected chi connectivity index (χ4v) is 1.46. The quantitative estimate of drug-likeness (QED) is 0.833. The molecule has 1 rings (SSSR count). The molecule has 0 radical (unpaired) electrons. The van der Waals surface area contributed by atoms with Crippen LogP contribution in [0.4, 0.5) is 13.2 Å². The molecule has 4 nitrogen and oxygen atoms in total. The lowest BCUT2D eigenvalue weighted by Gasteiger charge is -2.16. The molecule has 0 aliphatic rings. The number of hydrogen-bond acceptors (Lipinski definition) is 3. The Bertz CT molecular complexity index is 405. The monoisotopic (exact) mass is 329 g/mol. The Morgan fingerprint density at radius 3 is 2.67 bits per heavy atom. The maximum atomic E-state index is 11.8. The minimum absolute atomic E-state index is 0.166. The van der Waals surface area contributed by atoms with Crippen molar-refractivity contribution in [3.8, 4) is 0 Å². The summed E-state index contributed by atoms with van der Waals surface area (Å²) in [6.07, 6.45) is -4.43. The Labute approximate surface area is 110 Å². The number of rotatable bonds is 5. The van der Waals surface area contributed by atoms with E-state index in [1.54, 1.807) is 12.1 Å². The van der Waals surface area contributed by atoms with Gasteiger partial charge in [0.2, 0.25) is 5.91 Å².